The zero-order chi connectivity index (χ0) is 12.3. The van der Waals surface area contributed by atoms with E-state index in [1.165, 1.54) is 12.8 Å². The van der Waals surface area contributed by atoms with E-state index in [1.54, 1.807) is 0 Å². The first-order valence-corrected chi connectivity index (χ1v) is 6.09. The Kier molecular flexibility index (Phi) is 8.52. The molecule has 1 aliphatic rings. The van der Waals surface area contributed by atoms with Crippen LogP contribution in [0.15, 0.2) is 4.52 Å². The Balaban J connectivity index is 0.00000162. The number of likely N-dealkylation sites (N-methyl/N-ethyl adjacent to an activating group) is 1. The van der Waals surface area contributed by atoms with Gasteiger partial charge in [-0.05, 0) is 33.5 Å². The Bertz CT molecular complexity index is 361. The van der Waals surface area contributed by atoms with Crippen LogP contribution < -0.4 is 5.73 Å². The summed E-state index contributed by atoms with van der Waals surface area (Å²) >= 11 is 0. The van der Waals surface area contributed by atoms with E-state index in [2.05, 4.69) is 34.0 Å². The monoisotopic (exact) mass is 311 g/mol. The highest BCUT2D eigenvalue weighted by Gasteiger charge is 2.22. The Morgan fingerprint density at radius 1 is 1.42 bits per heavy atom. The van der Waals surface area contributed by atoms with E-state index in [0.717, 1.165) is 25.5 Å². The van der Waals surface area contributed by atoms with Gasteiger partial charge in [0.1, 0.15) is 0 Å². The largest absolute Gasteiger partial charge is 0.338 e. The topological polar surface area (TPSA) is 71.4 Å². The predicted molar refractivity (Wildman–Crippen MR) is 78.7 cm³/mol. The van der Waals surface area contributed by atoms with E-state index in [9.17, 15) is 0 Å². The maximum atomic E-state index is 5.44. The van der Waals surface area contributed by atoms with Gasteiger partial charge < -0.3 is 15.2 Å². The van der Waals surface area contributed by atoms with Gasteiger partial charge in [0.05, 0.1) is 13.1 Å². The molecule has 0 saturated carbocycles. The van der Waals surface area contributed by atoms with Gasteiger partial charge >= 0.3 is 0 Å². The van der Waals surface area contributed by atoms with Gasteiger partial charge in [0.15, 0.2) is 5.82 Å². The fourth-order valence-electron chi connectivity index (χ4n) is 2.23. The molecule has 112 valence electrons. The highest BCUT2D eigenvalue weighted by molar-refractivity contribution is 5.85. The summed E-state index contributed by atoms with van der Waals surface area (Å²) in [6.45, 7) is 3.25. The summed E-state index contributed by atoms with van der Waals surface area (Å²) in [5, 5.41) is 3.93. The highest BCUT2D eigenvalue weighted by Crippen LogP contribution is 2.15. The zero-order valence-corrected chi connectivity index (χ0v) is 13.0. The standard InChI is InChI=1S/C11H21N5O.2ClH/c1-15(2)9-4-3-5-16(7-9)8-10-13-11(6-12)17-14-10;;/h9H,3-8,12H2,1-2H3;2*1H. The maximum Gasteiger partial charge on any atom is 0.240 e. The molecule has 19 heavy (non-hydrogen) atoms. The quantitative estimate of drug-likeness (QED) is 0.890. The van der Waals surface area contributed by atoms with E-state index in [-0.39, 0.29) is 24.8 Å². The molecule has 0 bridgehead atoms. The van der Waals surface area contributed by atoms with Crippen molar-refractivity contribution in [2.75, 3.05) is 27.2 Å². The molecule has 1 aliphatic heterocycles. The summed E-state index contributed by atoms with van der Waals surface area (Å²) in [5.41, 5.74) is 5.44. The number of piperidine rings is 1. The van der Waals surface area contributed by atoms with Crippen LogP contribution in [0.3, 0.4) is 0 Å². The zero-order valence-electron chi connectivity index (χ0n) is 11.4. The highest BCUT2D eigenvalue weighted by atomic mass is 35.5. The lowest BCUT2D eigenvalue weighted by Crippen LogP contribution is -2.44. The van der Waals surface area contributed by atoms with Crippen LogP contribution in [0, 0.1) is 0 Å². The lowest BCUT2D eigenvalue weighted by molar-refractivity contribution is 0.125. The van der Waals surface area contributed by atoms with Gasteiger partial charge in [-0.25, -0.2) is 0 Å². The predicted octanol–water partition coefficient (Wildman–Crippen LogP) is 0.898. The van der Waals surface area contributed by atoms with Crippen molar-refractivity contribution in [3.05, 3.63) is 11.7 Å². The van der Waals surface area contributed by atoms with Crippen LogP contribution in [0.4, 0.5) is 0 Å². The van der Waals surface area contributed by atoms with Crippen LogP contribution in [-0.2, 0) is 13.1 Å². The first kappa shape index (κ1) is 18.6. The van der Waals surface area contributed by atoms with Crippen molar-refractivity contribution in [2.45, 2.75) is 32.0 Å². The van der Waals surface area contributed by atoms with Gasteiger partial charge in [-0.1, -0.05) is 5.16 Å². The van der Waals surface area contributed by atoms with E-state index in [4.69, 9.17) is 10.3 Å². The van der Waals surface area contributed by atoms with E-state index < -0.39 is 0 Å². The molecule has 0 radical (unpaired) electrons. The van der Waals surface area contributed by atoms with Gasteiger partial charge in [-0.3, -0.25) is 4.90 Å². The summed E-state index contributed by atoms with van der Waals surface area (Å²) in [6.07, 6.45) is 2.49. The number of likely N-dealkylation sites (tertiary alicyclic amines) is 1. The van der Waals surface area contributed by atoms with Crippen LogP contribution in [0.2, 0.25) is 0 Å². The molecule has 0 spiro atoms. The van der Waals surface area contributed by atoms with Gasteiger partial charge in [0.25, 0.3) is 0 Å². The molecule has 0 amide bonds. The number of nitrogens with zero attached hydrogens (tertiary/aromatic N) is 4. The van der Waals surface area contributed by atoms with E-state index in [0.29, 0.717) is 18.5 Å². The average Bonchev–Trinajstić information content (AvgIpc) is 2.77. The smallest absolute Gasteiger partial charge is 0.240 e. The van der Waals surface area contributed by atoms with Crippen LogP contribution in [0.1, 0.15) is 24.6 Å². The molecule has 2 rings (SSSR count). The third kappa shape index (κ3) is 5.24. The van der Waals surface area contributed by atoms with Crippen molar-refractivity contribution in [1.29, 1.82) is 0 Å². The van der Waals surface area contributed by atoms with Crippen molar-refractivity contribution < 1.29 is 4.52 Å². The summed E-state index contributed by atoms with van der Waals surface area (Å²) in [6, 6.07) is 0.629. The van der Waals surface area contributed by atoms with Gasteiger partial charge in [-0.15, -0.1) is 24.8 Å². The van der Waals surface area contributed by atoms with Crippen molar-refractivity contribution in [1.82, 2.24) is 19.9 Å². The lowest BCUT2D eigenvalue weighted by atomic mass is 10.1. The molecular formula is C11H23Cl2N5O. The third-order valence-electron chi connectivity index (χ3n) is 3.26. The van der Waals surface area contributed by atoms with Crippen LogP contribution in [0.5, 0.6) is 0 Å². The second-order valence-electron chi connectivity index (χ2n) is 4.80. The molecule has 1 aromatic heterocycles. The summed E-state index contributed by atoms with van der Waals surface area (Å²) in [5.74, 6) is 1.26. The minimum absolute atomic E-state index is 0. The van der Waals surface area contributed by atoms with Gasteiger partial charge in [-0.2, -0.15) is 4.98 Å². The molecule has 8 heteroatoms. The Labute approximate surface area is 126 Å². The fraction of sp³-hybridized carbons (Fsp3) is 0.818. The van der Waals surface area contributed by atoms with Crippen molar-refractivity contribution in [2.24, 2.45) is 5.73 Å². The maximum absolute atomic E-state index is 5.44. The first-order valence-electron chi connectivity index (χ1n) is 6.09. The molecule has 1 atom stereocenters. The van der Waals surface area contributed by atoms with Crippen molar-refractivity contribution in [3.63, 3.8) is 0 Å². The van der Waals surface area contributed by atoms with Crippen LogP contribution >= 0.6 is 24.8 Å². The average molecular weight is 312 g/mol. The SMILES string of the molecule is CN(C)C1CCCN(Cc2noc(CN)n2)C1.Cl.Cl. The number of aromatic nitrogens is 2. The fourth-order valence-corrected chi connectivity index (χ4v) is 2.23. The molecule has 0 aromatic carbocycles. The Morgan fingerprint density at radius 2 is 2.16 bits per heavy atom. The molecule has 1 aromatic rings. The van der Waals surface area contributed by atoms with Crippen molar-refractivity contribution in [3.8, 4) is 0 Å². The normalized spacial score (nSPS) is 19.9. The minimum atomic E-state index is 0. The Hall–Kier alpha value is -0.400. The molecule has 1 saturated heterocycles. The molecular weight excluding hydrogens is 289 g/mol. The molecule has 6 nitrogen and oxygen atoms in total. The molecule has 2 N–H and O–H groups in total. The minimum Gasteiger partial charge on any atom is -0.338 e. The number of hydrogen-bond donors (Lipinski definition) is 1. The number of halogens is 2. The van der Waals surface area contributed by atoms with Crippen molar-refractivity contribution >= 4 is 24.8 Å². The van der Waals surface area contributed by atoms with Gasteiger partial charge in [0, 0.05) is 12.6 Å². The lowest BCUT2D eigenvalue weighted by Gasteiger charge is -2.35. The van der Waals surface area contributed by atoms with E-state index in [1.807, 2.05) is 0 Å². The van der Waals surface area contributed by atoms with Crippen LogP contribution in [0.25, 0.3) is 0 Å². The number of rotatable bonds is 4. The molecule has 2 heterocycles. The summed E-state index contributed by atoms with van der Waals surface area (Å²) < 4.78 is 5.01. The Morgan fingerprint density at radius 3 is 2.74 bits per heavy atom. The number of nitrogens with two attached hydrogens (primary N) is 1. The second kappa shape index (κ2) is 8.71. The third-order valence-corrected chi connectivity index (χ3v) is 3.26. The molecule has 0 aliphatic carbocycles. The van der Waals surface area contributed by atoms with Gasteiger partial charge in [0.2, 0.25) is 5.89 Å². The number of hydrogen-bond acceptors (Lipinski definition) is 6. The second-order valence-corrected chi connectivity index (χ2v) is 4.80. The van der Waals surface area contributed by atoms with Crippen LogP contribution in [-0.4, -0.2) is 53.2 Å². The first-order chi connectivity index (χ1) is 8.19. The summed E-state index contributed by atoms with van der Waals surface area (Å²) in [4.78, 5) is 8.89. The summed E-state index contributed by atoms with van der Waals surface area (Å²) in [7, 11) is 4.27. The molecule has 1 fully saturated rings. The van der Waals surface area contributed by atoms with E-state index >= 15 is 0 Å². The molecule has 1 unspecified atom stereocenters.